The fourth-order valence-electron chi connectivity index (χ4n) is 2.55. The van der Waals surface area contributed by atoms with Crippen LogP contribution in [0.3, 0.4) is 0 Å². The molecule has 21 heavy (non-hydrogen) atoms. The number of carbonyl (C=O) groups excluding carboxylic acids is 1. The zero-order valence-electron chi connectivity index (χ0n) is 12.5. The van der Waals surface area contributed by atoms with E-state index in [1.165, 1.54) is 0 Å². The van der Waals surface area contributed by atoms with E-state index >= 15 is 0 Å². The molecule has 0 unspecified atom stereocenters. The molecule has 5 nitrogen and oxygen atoms in total. The molecule has 1 aliphatic rings. The van der Waals surface area contributed by atoms with E-state index < -0.39 is 11.5 Å². The van der Waals surface area contributed by atoms with E-state index in [0.717, 1.165) is 17.7 Å². The van der Waals surface area contributed by atoms with Gasteiger partial charge in [0.05, 0.1) is 6.54 Å². The van der Waals surface area contributed by atoms with Crippen LogP contribution in [-0.4, -0.2) is 29.1 Å². The van der Waals surface area contributed by atoms with Gasteiger partial charge in [0.2, 0.25) is 5.91 Å². The number of carbonyl (C=O) groups is 2. The molecule has 1 saturated carbocycles. The van der Waals surface area contributed by atoms with E-state index in [4.69, 9.17) is 0 Å². The molecule has 2 rings (SSSR count). The molecule has 1 aliphatic carbocycles. The third kappa shape index (κ3) is 3.42. The summed E-state index contributed by atoms with van der Waals surface area (Å²) in [4.78, 5) is 23.3. The van der Waals surface area contributed by atoms with Crippen molar-refractivity contribution in [3.8, 4) is 0 Å². The molecule has 0 aromatic heterocycles. The summed E-state index contributed by atoms with van der Waals surface area (Å²) in [6, 6.07) is 7.67. The van der Waals surface area contributed by atoms with Gasteiger partial charge in [0.1, 0.15) is 5.54 Å². The largest absolute Gasteiger partial charge is 0.480 e. The predicted octanol–water partition coefficient (Wildman–Crippen LogP) is 2.35. The summed E-state index contributed by atoms with van der Waals surface area (Å²) in [5.41, 5.74) is 0.953. The average Bonchev–Trinajstić information content (AvgIpc) is 2.37. The number of amides is 1. The van der Waals surface area contributed by atoms with Crippen LogP contribution in [0.2, 0.25) is 0 Å². The van der Waals surface area contributed by atoms with Gasteiger partial charge in [-0.25, -0.2) is 0 Å². The minimum atomic E-state index is -0.908. The second-order valence-corrected chi connectivity index (χ2v) is 5.88. The highest BCUT2D eigenvalue weighted by Gasteiger charge is 2.44. The van der Waals surface area contributed by atoms with Crippen LogP contribution in [0.25, 0.3) is 0 Å². The summed E-state index contributed by atoms with van der Waals surface area (Å²) in [6.07, 6.45) is 2.05. The first-order valence-electron chi connectivity index (χ1n) is 7.32. The molecule has 0 saturated heterocycles. The maximum absolute atomic E-state index is 12.0. The van der Waals surface area contributed by atoms with Crippen LogP contribution in [0.1, 0.15) is 44.6 Å². The SMILES string of the molecule is CC(C)c1ccccc1NC(=O)CNC1(C(=O)O)CCC1. The van der Waals surface area contributed by atoms with E-state index in [2.05, 4.69) is 24.5 Å². The van der Waals surface area contributed by atoms with Crippen LogP contribution < -0.4 is 10.6 Å². The molecule has 0 bridgehead atoms. The first kappa shape index (κ1) is 15.5. The maximum Gasteiger partial charge on any atom is 0.323 e. The van der Waals surface area contributed by atoms with Gasteiger partial charge in [-0.15, -0.1) is 0 Å². The minimum absolute atomic E-state index is 0.0126. The second kappa shape index (κ2) is 6.26. The molecule has 5 heteroatoms. The van der Waals surface area contributed by atoms with E-state index in [1.807, 2.05) is 24.3 Å². The Hall–Kier alpha value is -1.88. The Labute approximate surface area is 124 Å². The third-order valence-corrected chi connectivity index (χ3v) is 4.06. The number of hydrogen-bond donors (Lipinski definition) is 3. The highest BCUT2D eigenvalue weighted by molar-refractivity contribution is 5.93. The monoisotopic (exact) mass is 290 g/mol. The zero-order chi connectivity index (χ0) is 15.5. The number of nitrogens with one attached hydrogen (secondary N) is 2. The van der Waals surface area contributed by atoms with E-state index in [-0.39, 0.29) is 12.5 Å². The molecular weight excluding hydrogens is 268 g/mol. The molecule has 0 spiro atoms. The summed E-state index contributed by atoms with van der Waals surface area (Å²) >= 11 is 0. The van der Waals surface area contributed by atoms with Gasteiger partial charge in [-0.05, 0) is 36.8 Å². The van der Waals surface area contributed by atoms with Crippen LogP contribution >= 0.6 is 0 Å². The minimum Gasteiger partial charge on any atom is -0.480 e. The smallest absolute Gasteiger partial charge is 0.323 e. The summed E-state index contributed by atoms with van der Waals surface area (Å²) < 4.78 is 0. The second-order valence-electron chi connectivity index (χ2n) is 5.88. The molecule has 1 aromatic carbocycles. The van der Waals surface area contributed by atoms with Crippen molar-refractivity contribution in [2.75, 3.05) is 11.9 Å². The fraction of sp³-hybridized carbons (Fsp3) is 0.500. The van der Waals surface area contributed by atoms with E-state index in [0.29, 0.717) is 18.8 Å². The van der Waals surface area contributed by atoms with E-state index in [9.17, 15) is 14.7 Å². The number of hydrogen-bond acceptors (Lipinski definition) is 3. The number of rotatable bonds is 6. The lowest BCUT2D eigenvalue weighted by atomic mass is 9.77. The predicted molar refractivity (Wildman–Crippen MR) is 81.4 cm³/mol. The Morgan fingerprint density at radius 2 is 1.95 bits per heavy atom. The first-order chi connectivity index (χ1) is 9.94. The Kier molecular flexibility index (Phi) is 4.63. The lowest BCUT2D eigenvalue weighted by Crippen LogP contribution is -2.58. The molecular formula is C16H22N2O3. The van der Waals surface area contributed by atoms with Crippen molar-refractivity contribution in [1.29, 1.82) is 0 Å². The number of carboxylic acid groups (broad SMARTS) is 1. The van der Waals surface area contributed by atoms with Crippen LogP contribution in [0.4, 0.5) is 5.69 Å². The van der Waals surface area contributed by atoms with Gasteiger partial charge in [-0.1, -0.05) is 32.0 Å². The lowest BCUT2D eigenvalue weighted by molar-refractivity contribution is -0.148. The topological polar surface area (TPSA) is 78.4 Å². The summed E-state index contributed by atoms with van der Waals surface area (Å²) in [7, 11) is 0. The Morgan fingerprint density at radius 1 is 1.29 bits per heavy atom. The first-order valence-corrected chi connectivity index (χ1v) is 7.32. The molecule has 0 atom stereocenters. The van der Waals surface area contributed by atoms with Crippen molar-refractivity contribution in [2.45, 2.75) is 44.6 Å². The number of carboxylic acids is 1. The molecule has 0 heterocycles. The molecule has 0 aliphatic heterocycles. The van der Waals surface area contributed by atoms with Crippen molar-refractivity contribution < 1.29 is 14.7 Å². The van der Waals surface area contributed by atoms with Crippen molar-refractivity contribution >= 4 is 17.6 Å². The lowest BCUT2D eigenvalue weighted by Gasteiger charge is -2.38. The summed E-state index contributed by atoms with van der Waals surface area (Å²) in [5, 5.41) is 15.0. The van der Waals surface area contributed by atoms with Gasteiger partial charge in [-0.3, -0.25) is 14.9 Å². The van der Waals surface area contributed by atoms with Gasteiger partial charge in [-0.2, -0.15) is 0 Å². The highest BCUT2D eigenvalue weighted by atomic mass is 16.4. The van der Waals surface area contributed by atoms with Crippen molar-refractivity contribution in [1.82, 2.24) is 5.32 Å². The maximum atomic E-state index is 12.0. The van der Waals surface area contributed by atoms with Gasteiger partial charge in [0, 0.05) is 5.69 Å². The van der Waals surface area contributed by atoms with Gasteiger partial charge in [0.15, 0.2) is 0 Å². The van der Waals surface area contributed by atoms with Gasteiger partial charge < -0.3 is 10.4 Å². The van der Waals surface area contributed by atoms with Crippen LogP contribution in [0, 0.1) is 0 Å². The van der Waals surface area contributed by atoms with Crippen LogP contribution in [0.5, 0.6) is 0 Å². The number of para-hydroxylation sites is 1. The molecule has 0 radical (unpaired) electrons. The molecule has 114 valence electrons. The quantitative estimate of drug-likeness (QED) is 0.751. The molecule has 1 amide bonds. The molecule has 3 N–H and O–H groups in total. The number of anilines is 1. The Balaban J connectivity index is 1.95. The Bertz CT molecular complexity index is 536. The fourth-order valence-corrected chi connectivity index (χ4v) is 2.55. The zero-order valence-corrected chi connectivity index (χ0v) is 12.5. The highest BCUT2D eigenvalue weighted by Crippen LogP contribution is 2.31. The van der Waals surface area contributed by atoms with E-state index in [1.54, 1.807) is 0 Å². The van der Waals surface area contributed by atoms with Crippen molar-refractivity contribution in [3.63, 3.8) is 0 Å². The number of aliphatic carboxylic acids is 1. The standard InChI is InChI=1S/C16H22N2O3/c1-11(2)12-6-3-4-7-13(12)18-14(19)10-17-16(15(20)21)8-5-9-16/h3-4,6-7,11,17H,5,8-10H2,1-2H3,(H,18,19)(H,20,21). The normalized spacial score (nSPS) is 16.3. The molecule has 1 fully saturated rings. The van der Waals surface area contributed by atoms with Gasteiger partial charge in [0.25, 0.3) is 0 Å². The third-order valence-electron chi connectivity index (χ3n) is 4.06. The van der Waals surface area contributed by atoms with Gasteiger partial charge >= 0.3 is 5.97 Å². The number of benzene rings is 1. The summed E-state index contributed by atoms with van der Waals surface area (Å²) in [6.45, 7) is 4.15. The van der Waals surface area contributed by atoms with Crippen molar-refractivity contribution in [2.24, 2.45) is 0 Å². The van der Waals surface area contributed by atoms with Crippen LogP contribution in [0.15, 0.2) is 24.3 Å². The average molecular weight is 290 g/mol. The Morgan fingerprint density at radius 3 is 2.48 bits per heavy atom. The van der Waals surface area contributed by atoms with Crippen LogP contribution in [-0.2, 0) is 9.59 Å². The summed E-state index contributed by atoms with van der Waals surface area (Å²) in [5.74, 6) is -0.772. The van der Waals surface area contributed by atoms with Crippen molar-refractivity contribution in [3.05, 3.63) is 29.8 Å². The molecule has 1 aromatic rings.